The molecular weight excluding hydrogens is 350 g/mol. The molecule has 0 amide bonds. The molecular formula is C20H14BrNO. The summed E-state index contributed by atoms with van der Waals surface area (Å²) < 4.78 is 2.86. The Bertz CT molecular complexity index is 927. The van der Waals surface area contributed by atoms with E-state index in [0.29, 0.717) is 12.1 Å². The first-order valence-electron chi connectivity index (χ1n) is 7.25. The first-order valence-corrected chi connectivity index (χ1v) is 8.04. The molecule has 2 aromatic carbocycles. The van der Waals surface area contributed by atoms with Gasteiger partial charge in [0.25, 0.3) is 0 Å². The number of hydrogen-bond acceptors (Lipinski definition) is 1. The first-order chi connectivity index (χ1) is 11.3. The number of carbonyl (C=O) groups is 1. The van der Waals surface area contributed by atoms with Gasteiger partial charge in [-0.3, -0.25) is 4.79 Å². The SMILES string of the molecule is O=Cc1c(Br)n(C/C=C\C#Cc2ccccc2)c2ccccc12. The molecule has 0 radical (unpaired) electrons. The Morgan fingerprint density at radius 1 is 1.04 bits per heavy atom. The van der Waals surface area contributed by atoms with E-state index in [9.17, 15) is 4.79 Å². The van der Waals surface area contributed by atoms with Crippen LogP contribution in [-0.2, 0) is 6.54 Å². The number of nitrogens with zero attached hydrogens (tertiary/aromatic N) is 1. The normalized spacial score (nSPS) is 10.7. The van der Waals surface area contributed by atoms with Crippen LogP contribution in [0.1, 0.15) is 15.9 Å². The van der Waals surface area contributed by atoms with Gasteiger partial charge < -0.3 is 4.57 Å². The Labute approximate surface area is 143 Å². The maximum atomic E-state index is 11.3. The molecule has 1 heterocycles. The molecule has 112 valence electrons. The Morgan fingerprint density at radius 2 is 1.78 bits per heavy atom. The van der Waals surface area contributed by atoms with Crippen molar-refractivity contribution in [3.63, 3.8) is 0 Å². The van der Waals surface area contributed by atoms with E-state index in [-0.39, 0.29) is 0 Å². The smallest absolute Gasteiger partial charge is 0.153 e. The van der Waals surface area contributed by atoms with Gasteiger partial charge in [0.2, 0.25) is 0 Å². The number of hydrogen-bond donors (Lipinski definition) is 0. The zero-order valence-corrected chi connectivity index (χ0v) is 14.0. The van der Waals surface area contributed by atoms with E-state index in [4.69, 9.17) is 0 Å². The lowest BCUT2D eigenvalue weighted by Gasteiger charge is -2.02. The van der Waals surface area contributed by atoms with E-state index < -0.39 is 0 Å². The van der Waals surface area contributed by atoms with Crippen molar-refractivity contribution in [1.82, 2.24) is 4.57 Å². The summed E-state index contributed by atoms with van der Waals surface area (Å²) in [6, 6.07) is 17.7. The summed E-state index contributed by atoms with van der Waals surface area (Å²) in [5, 5.41) is 0.957. The topological polar surface area (TPSA) is 22.0 Å². The van der Waals surface area contributed by atoms with Crippen molar-refractivity contribution in [1.29, 1.82) is 0 Å². The van der Waals surface area contributed by atoms with E-state index >= 15 is 0 Å². The van der Waals surface area contributed by atoms with E-state index in [0.717, 1.165) is 27.4 Å². The Morgan fingerprint density at radius 3 is 2.57 bits per heavy atom. The minimum absolute atomic E-state index is 0.651. The Hall–Kier alpha value is -2.57. The number of rotatable bonds is 3. The van der Waals surface area contributed by atoms with E-state index in [2.05, 4.69) is 32.3 Å². The average Bonchev–Trinajstić information content (AvgIpc) is 2.87. The number of aldehydes is 1. The molecule has 3 aromatic rings. The van der Waals surface area contributed by atoms with Crippen molar-refractivity contribution in [2.75, 3.05) is 0 Å². The van der Waals surface area contributed by atoms with Gasteiger partial charge in [-0.2, -0.15) is 0 Å². The number of carbonyl (C=O) groups excluding carboxylic acids is 1. The zero-order chi connectivity index (χ0) is 16.1. The van der Waals surface area contributed by atoms with Crippen LogP contribution in [0.15, 0.2) is 71.4 Å². The molecule has 0 fully saturated rings. The van der Waals surface area contributed by atoms with Gasteiger partial charge in [0, 0.05) is 23.0 Å². The average molecular weight is 364 g/mol. The highest BCUT2D eigenvalue weighted by molar-refractivity contribution is 9.10. The molecule has 0 aliphatic carbocycles. The third-order valence-electron chi connectivity index (χ3n) is 3.54. The fraction of sp³-hybridized carbons (Fsp3) is 0.0500. The van der Waals surface area contributed by atoms with Gasteiger partial charge in [0.1, 0.15) is 0 Å². The van der Waals surface area contributed by atoms with Crippen molar-refractivity contribution in [2.45, 2.75) is 6.54 Å². The monoisotopic (exact) mass is 363 g/mol. The lowest BCUT2D eigenvalue weighted by molar-refractivity contribution is 0.112. The van der Waals surface area contributed by atoms with Crippen LogP contribution < -0.4 is 0 Å². The third-order valence-corrected chi connectivity index (χ3v) is 4.40. The summed E-state index contributed by atoms with van der Waals surface area (Å²) in [6.45, 7) is 0.651. The number of para-hydroxylation sites is 1. The van der Waals surface area contributed by atoms with Crippen LogP contribution in [0.4, 0.5) is 0 Å². The van der Waals surface area contributed by atoms with Gasteiger partial charge in [-0.25, -0.2) is 0 Å². The highest BCUT2D eigenvalue weighted by Crippen LogP contribution is 2.28. The summed E-state index contributed by atoms with van der Waals surface area (Å²) in [7, 11) is 0. The highest BCUT2D eigenvalue weighted by atomic mass is 79.9. The van der Waals surface area contributed by atoms with Crippen LogP contribution in [0, 0.1) is 11.8 Å². The summed E-state index contributed by atoms with van der Waals surface area (Å²) in [5.41, 5.74) is 2.71. The van der Waals surface area contributed by atoms with Crippen molar-refractivity contribution >= 4 is 33.1 Å². The highest BCUT2D eigenvalue weighted by Gasteiger charge is 2.12. The second-order valence-corrected chi connectivity index (χ2v) is 5.74. The fourth-order valence-corrected chi connectivity index (χ4v) is 3.10. The molecule has 0 aliphatic rings. The molecule has 3 rings (SSSR count). The van der Waals surface area contributed by atoms with E-state index in [1.165, 1.54) is 0 Å². The number of allylic oxidation sites excluding steroid dienone is 2. The molecule has 0 atom stereocenters. The molecule has 0 saturated carbocycles. The minimum Gasteiger partial charge on any atom is -0.331 e. The molecule has 3 heteroatoms. The van der Waals surface area contributed by atoms with Crippen LogP contribution in [0.3, 0.4) is 0 Å². The molecule has 0 spiro atoms. The van der Waals surface area contributed by atoms with Crippen molar-refractivity contribution in [3.05, 3.63) is 82.5 Å². The molecule has 0 aliphatic heterocycles. The second-order valence-electron chi connectivity index (χ2n) is 4.99. The van der Waals surface area contributed by atoms with Crippen molar-refractivity contribution in [3.8, 4) is 11.8 Å². The van der Waals surface area contributed by atoms with E-state index in [1.54, 1.807) is 0 Å². The van der Waals surface area contributed by atoms with Gasteiger partial charge in [0.15, 0.2) is 6.29 Å². The van der Waals surface area contributed by atoms with Crippen molar-refractivity contribution < 1.29 is 4.79 Å². The van der Waals surface area contributed by atoms with Gasteiger partial charge in [-0.15, -0.1) is 0 Å². The van der Waals surface area contributed by atoms with Gasteiger partial charge in [-0.1, -0.05) is 54.3 Å². The summed E-state index contributed by atoms with van der Waals surface area (Å²) >= 11 is 3.52. The van der Waals surface area contributed by atoms with Gasteiger partial charge in [0.05, 0.1) is 10.2 Å². The maximum absolute atomic E-state index is 11.3. The zero-order valence-electron chi connectivity index (χ0n) is 12.4. The summed E-state index contributed by atoms with van der Waals surface area (Å²) in [6.07, 6.45) is 4.72. The number of benzene rings is 2. The molecule has 0 unspecified atom stereocenters. The Balaban J connectivity index is 1.83. The quantitative estimate of drug-likeness (QED) is 0.482. The first kappa shape index (κ1) is 15.3. The number of aromatic nitrogens is 1. The summed E-state index contributed by atoms with van der Waals surface area (Å²) in [4.78, 5) is 11.3. The van der Waals surface area contributed by atoms with E-state index in [1.807, 2.05) is 66.7 Å². The molecule has 2 nitrogen and oxygen atoms in total. The minimum atomic E-state index is 0.651. The predicted molar refractivity (Wildman–Crippen MR) is 97.5 cm³/mol. The molecule has 0 N–H and O–H groups in total. The Kier molecular flexibility index (Phi) is 4.75. The number of fused-ring (bicyclic) bond motifs is 1. The third kappa shape index (κ3) is 3.28. The molecule has 0 bridgehead atoms. The lowest BCUT2D eigenvalue weighted by Crippen LogP contribution is -1.95. The predicted octanol–water partition coefficient (Wildman–Crippen LogP) is 4.82. The van der Waals surface area contributed by atoms with Crippen molar-refractivity contribution in [2.24, 2.45) is 0 Å². The lowest BCUT2D eigenvalue weighted by atomic mass is 10.2. The van der Waals surface area contributed by atoms with Gasteiger partial charge in [-0.05, 0) is 40.2 Å². The van der Waals surface area contributed by atoms with Crippen LogP contribution in [0.2, 0.25) is 0 Å². The standard InChI is InChI=1S/C20H14BrNO/c21-20-18(15-23)17-12-6-7-13-19(17)22(20)14-8-2-5-11-16-9-3-1-4-10-16/h1-4,6-10,12-13,15H,14H2/b8-2-. The van der Waals surface area contributed by atoms with Crippen LogP contribution >= 0.6 is 15.9 Å². The number of halogens is 1. The van der Waals surface area contributed by atoms with Gasteiger partial charge >= 0.3 is 0 Å². The molecule has 1 aromatic heterocycles. The van der Waals surface area contributed by atoms with Crippen LogP contribution in [0.5, 0.6) is 0 Å². The summed E-state index contributed by atoms with van der Waals surface area (Å²) in [5.74, 6) is 6.12. The maximum Gasteiger partial charge on any atom is 0.153 e. The second kappa shape index (κ2) is 7.13. The largest absolute Gasteiger partial charge is 0.331 e. The fourth-order valence-electron chi connectivity index (χ4n) is 2.45. The molecule has 23 heavy (non-hydrogen) atoms. The molecule has 0 saturated heterocycles. The van der Waals surface area contributed by atoms with Crippen LogP contribution in [0.25, 0.3) is 10.9 Å². The van der Waals surface area contributed by atoms with Crippen LogP contribution in [-0.4, -0.2) is 10.9 Å².